The molecule has 2 N–H and O–H groups in total. The van der Waals surface area contributed by atoms with Gasteiger partial charge in [-0.15, -0.1) is 0 Å². The van der Waals surface area contributed by atoms with E-state index in [1.807, 2.05) is 0 Å². The average molecular weight is 209 g/mol. The van der Waals surface area contributed by atoms with Gasteiger partial charge in [0.25, 0.3) is 5.69 Å². The van der Waals surface area contributed by atoms with Crippen LogP contribution in [0.2, 0.25) is 0 Å². The van der Waals surface area contributed by atoms with Gasteiger partial charge in [-0.3, -0.25) is 10.1 Å². The molecule has 0 heterocycles. The molecule has 7 nitrogen and oxygen atoms in total. The molecule has 1 aromatic carbocycles. The first-order chi connectivity index (χ1) is 7.13. The lowest BCUT2D eigenvalue weighted by atomic mass is 10.3. The number of benzene rings is 1. The quantitative estimate of drug-likeness (QED) is 0.313. The van der Waals surface area contributed by atoms with E-state index in [1.165, 1.54) is 12.1 Å². The SMILES string of the molecule is N=C=O.N=C=O.O=[N+]([O-])c1ccccc1. The standard InChI is InChI=1S/C6H5NO2.2CHNO/c8-7(9)6-4-2-1-3-5-6;2*2-1-3/h1-5H;2*2H. The molecule has 7 heteroatoms. The summed E-state index contributed by atoms with van der Waals surface area (Å²) in [6, 6.07) is 7.93. The molecular weight excluding hydrogens is 202 g/mol. The number of isocyanates is 2. The minimum Gasteiger partial charge on any atom is -0.258 e. The van der Waals surface area contributed by atoms with Crippen molar-refractivity contribution in [2.24, 2.45) is 0 Å². The highest BCUT2D eigenvalue weighted by Gasteiger charge is 1.98. The first-order valence-corrected chi connectivity index (χ1v) is 3.41. The van der Waals surface area contributed by atoms with E-state index in [-0.39, 0.29) is 5.69 Å². The normalized spacial score (nSPS) is 6.40. The minimum atomic E-state index is -0.417. The van der Waals surface area contributed by atoms with Crippen LogP contribution in [0.1, 0.15) is 0 Å². The Morgan fingerprint density at radius 3 is 1.60 bits per heavy atom. The van der Waals surface area contributed by atoms with Crippen molar-refractivity contribution in [1.29, 1.82) is 10.8 Å². The Kier molecular flexibility index (Phi) is 11.3. The lowest BCUT2D eigenvalue weighted by molar-refractivity contribution is -0.384. The van der Waals surface area contributed by atoms with Gasteiger partial charge in [0.2, 0.25) is 12.2 Å². The van der Waals surface area contributed by atoms with Crippen LogP contribution in [-0.2, 0) is 9.59 Å². The van der Waals surface area contributed by atoms with Gasteiger partial charge in [-0.2, -0.15) is 0 Å². The molecule has 0 spiro atoms. The van der Waals surface area contributed by atoms with E-state index < -0.39 is 4.92 Å². The number of nitro benzene ring substituents is 1. The molecule has 1 aromatic rings. The Balaban J connectivity index is 0. The lowest BCUT2D eigenvalue weighted by Crippen LogP contribution is -1.84. The van der Waals surface area contributed by atoms with Gasteiger partial charge >= 0.3 is 0 Å². The van der Waals surface area contributed by atoms with E-state index in [4.69, 9.17) is 20.4 Å². The molecule has 0 aliphatic heterocycles. The summed E-state index contributed by atoms with van der Waals surface area (Å²) in [6.45, 7) is 0. The van der Waals surface area contributed by atoms with Gasteiger partial charge in [-0.05, 0) is 0 Å². The number of para-hydroxylation sites is 1. The molecule has 78 valence electrons. The summed E-state index contributed by atoms with van der Waals surface area (Å²) < 4.78 is 0. The molecule has 0 saturated heterocycles. The van der Waals surface area contributed by atoms with E-state index in [0.29, 0.717) is 0 Å². The summed E-state index contributed by atoms with van der Waals surface area (Å²) in [5, 5.41) is 20.8. The first kappa shape index (κ1) is 14.9. The second-order valence-corrected chi connectivity index (χ2v) is 1.80. The maximum atomic E-state index is 10.0. The molecule has 15 heavy (non-hydrogen) atoms. The summed E-state index contributed by atoms with van der Waals surface area (Å²) in [7, 11) is 0. The number of hydrogen-bond donors (Lipinski definition) is 2. The topological polar surface area (TPSA) is 125 Å². The van der Waals surface area contributed by atoms with Crippen LogP contribution in [0.3, 0.4) is 0 Å². The molecule has 0 atom stereocenters. The number of carbonyl (C=O) groups excluding carboxylic acids is 2. The Labute approximate surface area is 84.5 Å². The van der Waals surface area contributed by atoms with Crippen molar-refractivity contribution >= 4 is 17.8 Å². The fourth-order valence-corrected chi connectivity index (χ4v) is 0.550. The molecule has 0 unspecified atom stereocenters. The van der Waals surface area contributed by atoms with Crippen LogP contribution in [-0.4, -0.2) is 17.1 Å². The van der Waals surface area contributed by atoms with Crippen molar-refractivity contribution in [3.8, 4) is 0 Å². The molecule has 0 aliphatic rings. The molecule has 0 aliphatic carbocycles. The molecular formula is C8H7N3O4. The number of nitro groups is 1. The van der Waals surface area contributed by atoms with Crippen LogP contribution >= 0.6 is 0 Å². The third-order valence-corrected chi connectivity index (χ3v) is 0.967. The highest BCUT2D eigenvalue weighted by Crippen LogP contribution is 2.06. The van der Waals surface area contributed by atoms with Crippen molar-refractivity contribution < 1.29 is 14.5 Å². The van der Waals surface area contributed by atoms with Gasteiger partial charge in [0.15, 0.2) is 0 Å². The zero-order valence-corrected chi connectivity index (χ0v) is 7.47. The Hall–Kier alpha value is -2.62. The molecule has 0 fully saturated rings. The maximum Gasteiger partial charge on any atom is 0.269 e. The van der Waals surface area contributed by atoms with E-state index in [2.05, 4.69) is 0 Å². The molecule has 0 amide bonds. The van der Waals surface area contributed by atoms with Gasteiger partial charge in [0.1, 0.15) is 0 Å². The molecule has 0 radical (unpaired) electrons. The van der Waals surface area contributed by atoms with Crippen LogP contribution in [0, 0.1) is 20.9 Å². The summed E-state index contributed by atoms with van der Waals surface area (Å²) >= 11 is 0. The van der Waals surface area contributed by atoms with Crippen molar-refractivity contribution in [3.63, 3.8) is 0 Å². The fourth-order valence-electron chi connectivity index (χ4n) is 0.550. The van der Waals surface area contributed by atoms with Gasteiger partial charge in [-0.25, -0.2) is 20.4 Å². The van der Waals surface area contributed by atoms with Crippen molar-refractivity contribution in [2.45, 2.75) is 0 Å². The van der Waals surface area contributed by atoms with E-state index in [1.54, 1.807) is 18.2 Å². The predicted molar refractivity (Wildman–Crippen MR) is 49.9 cm³/mol. The third kappa shape index (κ3) is 11.4. The van der Waals surface area contributed by atoms with Gasteiger partial charge in [0.05, 0.1) is 4.92 Å². The lowest BCUT2D eigenvalue weighted by Gasteiger charge is -1.85. The zero-order valence-electron chi connectivity index (χ0n) is 7.47. The van der Waals surface area contributed by atoms with Crippen molar-refractivity contribution in [1.82, 2.24) is 0 Å². The van der Waals surface area contributed by atoms with Crippen LogP contribution in [0.4, 0.5) is 5.69 Å². The van der Waals surface area contributed by atoms with E-state index in [0.717, 1.165) is 12.2 Å². The van der Waals surface area contributed by atoms with Crippen LogP contribution in [0.15, 0.2) is 30.3 Å². The van der Waals surface area contributed by atoms with Crippen LogP contribution < -0.4 is 0 Å². The summed E-state index contributed by atoms with van der Waals surface area (Å²) in [5.41, 5.74) is 0.137. The van der Waals surface area contributed by atoms with Gasteiger partial charge in [0, 0.05) is 12.1 Å². The number of nitrogens with one attached hydrogen (secondary N) is 2. The highest BCUT2D eigenvalue weighted by molar-refractivity contribution is 5.28. The Morgan fingerprint density at radius 2 is 1.40 bits per heavy atom. The number of non-ortho nitro benzene ring substituents is 1. The van der Waals surface area contributed by atoms with Crippen LogP contribution in [0.5, 0.6) is 0 Å². The number of hydrogen-bond acceptors (Lipinski definition) is 6. The largest absolute Gasteiger partial charge is 0.269 e. The number of rotatable bonds is 1. The Morgan fingerprint density at radius 1 is 1.07 bits per heavy atom. The van der Waals surface area contributed by atoms with Crippen molar-refractivity contribution in [3.05, 3.63) is 40.4 Å². The molecule has 0 saturated carbocycles. The summed E-state index contributed by atoms with van der Waals surface area (Å²) in [4.78, 5) is 26.3. The second kappa shape index (κ2) is 11.4. The highest BCUT2D eigenvalue weighted by atomic mass is 16.6. The average Bonchev–Trinajstić information content (AvgIpc) is 2.21. The van der Waals surface area contributed by atoms with E-state index in [9.17, 15) is 10.1 Å². The zero-order chi connectivity index (χ0) is 12.1. The third-order valence-electron chi connectivity index (χ3n) is 0.967. The van der Waals surface area contributed by atoms with Crippen molar-refractivity contribution in [2.75, 3.05) is 0 Å². The van der Waals surface area contributed by atoms with Crippen LogP contribution in [0.25, 0.3) is 0 Å². The fraction of sp³-hybridized carbons (Fsp3) is 0. The van der Waals surface area contributed by atoms with Gasteiger partial charge < -0.3 is 0 Å². The van der Waals surface area contributed by atoms with E-state index >= 15 is 0 Å². The minimum absolute atomic E-state index is 0.137. The first-order valence-electron chi connectivity index (χ1n) is 3.41. The number of nitrogens with zero attached hydrogens (tertiary/aromatic N) is 1. The molecule has 0 aromatic heterocycles. The van der Waals surface area contributed by atoms with Gasteiger partial charge in [-0.1, -0.05) is 18.2 Å². The predicted octanol–water partition coefficient (Wildman–Crippen LogP) is 1.40. The monoisotopic (exact) mass is 209 g/mol. The maximum absolute atomic E-state index is 10.0. The Bertz CT molecular complexity index is 339. The molecule has 1 rings (SSSR count). The smallest absolute Gasteiger partial charge is 0.258 e. The summed E-state index contributed by atoms with van der Waals surface area (Å²) in [5.74, 6) is 0. The summed E-state index contributed by atoms with van der Waals surface area (Å²) in [6.07, 6.45) is 1.50. The molecule has 0 bridgehead atoms. The second-order valence-electron chi connectivity index (χ2n) is 1.80.